The molecule has 0 aromatic carbocycles. The molecule has 4 bridgehead atoms. The van der Waals surface area contributed by atoms with Crippen molar-refractivity contribution in [2.24, 2.45) is 17.3 Å². The van der Waals surface area contributed by atoms with E-state index in [0.29, 0.717) is 11.8 Å². The molecule has 5 saturated carbocycles. The zero-order chi connectivity index (χ0) is 16.9. The fraction of sp³-hybridized carbons (Fsp3) is 0.895. The van der Waals surface area contributed by atoms with Crippen molar-refractivity contribution in [3.8, 4) is 0 Å². The molecule has 3 atom stereocenters. The van der Waals surface area contributed by atoms with Gasteiger partial charge in [0.2, 0.25) is 0 Å². The molecule has 5 rings (SSSR count). The summed E-state index contributed by atoms with van der Waals surface area (Å²) in [7, 11) is 0. The number of ether oxygens (including phenoxy) is 1. The lowest BCUT2D eigenvalue weighted by Gasteiger charge is -2.58. The van der Waals surface area contributed by atoms with Crippen LogP contribution in [-0.4, -0.2) is 28.3 Å². The van der Waals surface area contributed by atoms with Crippen LogP contribution in [0.5, 0.6) is 0 Å². The van der Waals surface area contributed by atoms with Crippen molar-refractivity contribution in [1.29, 1.82) is 0 Å². The SMILES string of the molecule is C[C@H](OC(=O)C12C[C@@H]3C[C@H](CC(Br)(C3)C1)C2)C(=O)NC1CCCC1. The van der Waals surface area contributed by atoms with Crippen molar-refractivity contribution in [3.63, 3.8) is 0 Å². The van der Waals surface area contributed by atoms with Crippen LogP contribution in [0, 0.1) is 17.3 Å². The molecule has 0 aromatic heterocycles. The van der Waals surface area contributed by atoms with Crippen molar-refractivity contribution in [3.05, 3.63) is 0 Å². The lowest BCUT2D eigenvalue weighted by atomic mass is 9.49. The topological polar surface area (TPSA) is 55.4 Å². The maximum absolute atomic E-state index is 13.0. The summed E-state index contributed by atoms with van der Waals surface area (Å²) in [6.07, 6.45) is 10.2. The van der Waals surface area contributed by atoms with Crippen LogP contribution in [0.4, 0.5) is 0 Å². The van der Waals surface area contributed by atoms with Gasteiger partial charge >= 0.3 is 5.97 Å². The number of carbonyl (C=O) groups excluding carboxylic acids is 2. The van der Waals surface area contributed by atoms with Gasteiger partial charge < -0.3 is 10.1 Å². The largest absolute Gasteiger partial charge is 0.452 e. The molecule has 0 aliphatic heterocycles. The van der Waals surface area contributed by atoms with Gasteiger partial charge in [0.25, 0.3) is 5.91 Å². The lowest BCUT2D eigenvalue weighted by Crippen LogP contribution is -2.57. The Hall–Kier alpha value is -0.580. The summed E-state index contributed by atoms with van der Waals surface area (Å²) >= 11 is 3.93. The van der Waals surface area contributed by atoms with Crippen LogP contribution in [0.1, 0.15) is 71.1 Å². The minimum Gasteiger partial charge on any atom is -0.452 e. The number of nitrogens with one attached hydrogen (secondary N) is 1. The minimum atomic E-state index is -0.683. The normalized spacial score (nSPS) is 42.1. The maximum atomic E-state index is 13.0. The average Bonchev–Trinajstić information content (AvgIpc) is 2.97. The van der Waals surface area contributed by atoms with Crippen molar-refractivity contribution >= 4 is 27.8 Å². The Morgan fingerprint density at radius 3 is 2.33 bits per heavy atom. The highest BCUT2D eigenvalue weighted by Crippen LogP contribution is 2.64. The summed E-state index contributed by atoms with van der Waals surface area (Å²) in [4.78, 5) is 25.3. The standard InChI is InChI=1S/C19H28BrNO3/c1-12(16(22)21-15-4-2-3-5-15)24-17(23)18-7-13-6-14(8-18)10-19(20,9-13)11-18/h12-15H,2-11H2,1H3,(H,21,22)/t12-,13-,14-,18?,19?/m0/s1. The first-order valence-electron chi connectivity index (χ1n) is 9.58. The summed E-state index contributed by atoms with van der Waals surface area (Å²) in [6, 6.07) is 0.268. The number of carbonyl (C=O) groups is 2. The summed E-state index contributed by atoms with van der Waals surface area (Å²) in [6.45, 7) is 1.71. The number of esters is 1. The van der Waals surface area contributed by atoms with Gasteiger partial charge in [-0.3, -0.25) is 9.59 Å². The van der Waals surface area contributed by atoms with E-state index < -0.39 is 6.10 Å². The highest BCUT2D eigenvalue weighted by atomic mass is 79.9. The number of halogens is 1. The molecule has 0 heterocycles. The Labute approximate surface area is 152 Å². The fourth-order valence-electron chi connectivity index (χ4n) is 6.12. The van der Waals surface area contributed by atoms with E-state index >= 15 is 0 Å². The van der Waals surface area contributed by atoms with E-state index in [4.69, 9.17) is 4.74 Å². The van der Waals surface area contributed by atoms with Crippen LogP contribution in [0.25, 0.3) is 0 Å². The smallest absolute Gasteiger partial charge is 0.312 e. The van der Waals surface area contributed by atoms with E-state index in [1.54, 1.807) is 6.92 Å². The zero-order valence-electron chi connectivity index (χ0n) is 14.5. The Morgan fingerprint density at radius 2 is 1.75 bits per heavy atom. The first-order chi connectivity index (χ1) is 11.4. The predicted molar refractivity (Wildman–Crippen MR) is 94.7 cm³/mol. The average molecular weight is 398 g/mol. The molecule has 0 radical (unpaired) electrons. The third kappa shape index (κ3) is 3.02. The van der Waals surface area contributed by atoms with Gasteiger partial charge in [0.15, 0.2) is 6.10 Å². The molecule has 0 unspecified atom stereocenters. The van der Waals surface area contributed by atoms with Gasteiger partial charge in [0.1, 0.15) is 0 Å². The predicted octanol–water partition coefficient (Wildman–Crippen LogP) is 3.71. The first kappa shape index (κ1) is 16.9. The summed E-state index contributed by atoms with van der Waals surface area (Å²) in [5.41, 5.74) is -0.352. The second kappa shape index (κ2) is 6.00. The van der Waals surface area contributed by atoms with Gasteiger partial charge in [-0.25, -0.2) is 0 Å². The second-order valence-corrected chi connectivity index (χ2v) is 10.6. The highest BCUT2D eigenvalue weighted by molar-refractivity contribution is 9.10. The highest BCUT2D eigenvalue weighted by Gasteiger charge is 2.60. The van der Waals surface area contributed by atoms with Crippen molar-refractivity contribution < 1.29 is 14.3 Å². The molecule has 5 fully saturated rings. The van der Waals surface area contributed by atoms with Crippen LogP contribution >= 0.6 is 15.9 Å². The van der Waals surface area contributed by atoms with Crippen molar-refractivity contribution in [2.75, 3.05) is 0 Å². The van der Waals surface area contributed by atoms with Crippen molar-refractivity contribution in [2.45, 2.75) is 87.6 Å². The zero-order valence-corrected chi connectivity index (χ0v) is 16.1. The molecule has 5 heteroatoms. The number of hydrogen-bond acceptors (Lipinski definition) is 3. The molecule has 0 saturated heterocycles. The van der Waals surface area contributed by atoms with Crippen LogP contribution < -0.4 is 5.32 Å². The molecule has 0 spiro atoms. The lowest BCUT2D eigenvalue weighted by molar-refractivity contribution is -0.176. The second-order valence-electron chi connectivity index (χ2n) is 8.93. The Balaban J connectivity index is 1.39. The number of alkyl halides is 1. The quantitative estimate of drug-likeness (QED) is 0.580. The fourth-order valence-corrected chi connectivity index (χ4v) is 7.57. The van der Waals surface area contributed by atoms with Gasteiger partial charge in [-0.05, 0) is 70.1 Å². The van der Waals surface area contributed by atoms with Gasteiger partial charge in [-0.2, -0.15) is 0 Å². The summed E-state index contributed by atoms with van der Waals surface area (Å²) < 4.78 is 5.81. The molecule has 24 heavy (non-hydrogen) atoms. The van der Waals surface area contributed by atoms with E-state index in [2.05, 4.69) is 21.2 Å². The first-order valence-corrected chi connectivity index (χ1v) is 10.4. The Kier molecular flexibility index (Phi) is 4.21. The summed E-state index contributed by atoms with van der Waals surface area (Å²) in [5, 5.41) is 3.04. The molecule has 5 aliphatic rings. The van der Waals surface area contributed by atoms with E-state index in [9.17, 15) is 9.59 Å². The molecule has 134 valence electrons. The molecular formula is C19H28BrNO3. The van der Waals surface area contributed by atoms with Gasteiger partial charge in [0.05, 0.1) is 5.41 Å². The molecule has 5 aliphatic carbocycles. The molecule has 4 nitrogen and oxygen atoms in total. The van der Waals surface area contributed by atoms with Crippen LogP contribution in [0.2, 0.25) is 0 Å². The monoisotopic (exact) mass is 397 g/mol. The third-order valence-corrected chi connectivity index (χ3v) is 7.71. The van der Waals surface area contributed by atoms with Gasteiger partial charge in [0, 0.05) is 10.4 Å². The Morgan fingerprint density at radius 1 is 1.12 bits per heavy atom. The van der Waals surface area contributed by atoms with Crippen LogP contribution in [0.3, 0.4) is 0 Å². The third-order valence-electron chi connectivity index (χ3n) is 6.78. The summed E-state index contributed by atoms with van der Waals surface area (Å²) in [5.74, 6) is 1.02. The Bertz CT molecular complexity index is 529. The van der Waals surface area contributed by atoms with E-state index in [0.717, 1.165) is 32.1 Å². The molecular weight excluding hydrogens is 370 g/mol. The van der Waals surface area contributed by atoms with E-state index in [1.165, 1.54) is 32.1 Å². The number of hydrogen-bond donors (Lipinski definition) is 1. The molecule has 0 aromatic rings. The van der Waals surface area contributed by atoms with E-state index in [1.807, 2.05) is 0 Å². The van der Waals surface area contributed by atoms with Gasteiger partial charge in [-0.1, -0.05) is 28.8 Å². The molecule has 1 N–H and O–H groups in total. The van der Waals surface area contributed by atoms with Crippen molar-refractivity contribution in [1.82, 2.24) is 5.32 Å². The minimum absolute atomic E-state index is 0.130. The number of amides is 1. The maximum Gasteiger partial charge on any atom is 0.312 e. The van der Waals surface area contributed by atoms with Gasteiger partial charge in [-0.15, -0.1) is 0 Å². The number of rotatable bonds is 4. The van der Waals surface area contributed by atoms with E-state index in [-0.39, 0.29) is 27.7 Å². The van der Waals surface area contributed by atoms with Crippen LogP contribution in [0.15, 0.2) is 0 Å². The van der Waals surface area contributed by atoms with Crippen LogP contribution in [-0.2, 0) is 14.3 Å². The molecule has 1 amide bonds.